The third-order valence-corrected chi connectivity index (χ3v) is 7.65. The predicted octanol–water partition coefficient (Wildman–Crippen LogP) is 1.80. The van der Waals surface area contributed by atoms with Crippen molar-refractivity contribution < 1.29 is 27.5 Å². The Morgan fingerprint density at radius 1 is 1.31 bits per heavy atom. The van der Waals surface area contributed by atoms with Gasteiger partial charge in [-0.2, -0.15) is 4.31 Å². The second kappa shape index (κ2) is 8.79. The molecule has 0 bridgehead atoms. The molecule has 1 saturated heterocycles. The first-order valence-corrected chi connectivity index (χ1v) is 11.7. The van der Waals surface area contributed by atoms with Gasteiger partial charge >= 0.3 is 0 Å². The van der Waals surface area contributed by atoms with Crippen LogP contribution in [0.5, 0.6) is 11.5 Å². The second-order valence-electron chi connectivity index (χ2n) is 7.79. The van der Waals surface area contributed by atoms with Gasteiger partial charge in [-0.3, -0.25) is 9.59 Å². The Labute approximate surface area is 186 Å². The zero-order valence-corrected chi connectivity index (χ0v) is 18.7. The number of carbonyl (C=O) groups excluding carboxylic acids is 2. The third-order valence-electron chi connectivity index (χ3n) is 5.60. The third kappa shape index (κ3) is 4.28. The molecule has 1 atom stereocenters. The Morgan fingerprint density at radius 2 is 2.12 bits per heavy atom. The van der Waals surface area contributed by atoms with E-state index in [-0.39, 0.29) is 36.4 Å². The van der Waals surface area contributed by atoms with Gasteiger partial charge in [0.2, 0.25) is 15.9 Å². The number of hydrogen-bond acceptors (Lipinski definition) is 6. The molecule has 9 nitrogen and oxygen atoms in total. The topological polar surface area (TPSA) is 114 Å². The first-order valence-electron chi connectivity index (χ1n) is 10.3. The summed E-state index contributed by atoms with van der Waals surface area (Å²) in [5.74, 6) is 0.350. The Hall–Kier alpha value is -3.11. The summed E-state index contributed by atoms with van der Waals surface area (Å²) in [6, 6.07) is 9.53. The minimum atomic E-state index is -3.94. The lowest BCUT2D eigenvalue weighted by Crippen LogP contribution is -2.45. The van der Waals surface area contributed by atoms with Crippen molar-refractivity contribution in [3.05, 3.63) is 47.5 Å². The van der Waals surface area contributed by atoms with Gasteiger partial charge in [-0.05, 0) is 49.1 Å². The van der Waals surface area contributed by atoms with E-state index < -0.39 is 16.1 Å². The van der Waals surface area contributed by atoms with Gasteiger partial charge in [-0.25, -0.2) is 8.42 Å². The van der Waals surface area contributed by atoms with Crippen molar-refractivity contribution in [1.29, 1.82) is 0 Å². The fourth-order valence-electron chi connectivity index (χ4n) is 4.00. The van der Waals surface area contributed by atoms with Gasteiger partial charge in [0.25, 0.3) is 5.91 Å². The Kier molecular flexibility index (Phi) is 6.07. The first-order chi connectivity index (χ1) is 15.3. The number of carbonyl (C=O) groups is 2. The molecule has 2 N–H and O–H groups in total. The molecule has 2 amide bonds. The molecular formula is C22H25N3O6S. The number of anilines is 1. The smallest absolute Gasteiger partial charge is 0.262 e. The summed E-state index contributed by atoms with van der Waals surface area (Å²) in [5.41, 5.74) is 1.76. The van der Waals surface area contributed by atoms with Gasteiger partial charge in [-0.15, -0.1) is 0 Å². The van der Waals surface area contributed by atoms with Crippen LogP contribution in [0.4, 0.5) is 5.69 Å². The molecule has 0 aliphatic carbocycles. The van der Waals surface area contributed by atoms with Crippen molar-refractivity contribution >= 4 is 27.5 Å². The van der Waals surface area contributed by atoms with E-state index in [0.29, 0.717) is 35.6 Å². The van der Waals surface area contributed by atoms with Crippen molar-refractivity contribution in [2.75, 3.05) is 25.6 Å². The molecule has 170 valence electrons. The number of benzene rings is 2. The molecule has 2 aromatic carbocycles. The van der Waals surface area contributed by atoms with E-state index in [0.717, 1.165) is 5.56 Å². The zero-order valence-electron chi connectivity index (χ0n) is 17.9. The van der Waals surface area contributed by atoms with Crippen LogP contribution in [0.25, 0.3) is 0 Å². The predicted molar refractivity (Wildman–Crippen MR) is 117 cm³/mol. The summed E-state index contributed by atoms with van der Waals surface area (Å²) in [7, 11) is -2.37. The van der Waals surface area contributed by atoms with E-state index >= 15 is 0 Å². The summed E-state index contributed by atoms with van der Waals surface area (Å²) in [4.78, 5) is 24.5. The van der Waals surface area contributed by atoms with Crippen LogP contribution in [-0.4, -0.2) is 50.8 Å². The molecule has 1 unspecified atom stereocenters. The molecule has 4 rings (SSSR count). The van der Waals surface area contributed by atoms with E-state index in [9.17, 15) is 18.0 Å². The summed E-state index contributed by atoms with van der Waals surface area (Å²) in [6.07, 6.45) is 1.03. The number of aryl methyl sites for hydroxylation is 1. The molecular weight excluding hydrogens is 434 g/mol. The van der Waals surface area contributed by atoms with Crippen LogP contribution in [0.2, 0.25) is 0 Å². The average molecular weight is 460 g/mol. The van der Waals surface area contributed by atoms with Crippen molar-refractivity contribution in [2.45, 2.75) is 37.2 Å². The molecule has 0 saturated carbocycles. The van der Waals surface area contributed by atoms with E-state index in [1.165, 1.54) is 10.4 Å². The standard InChI is InChI=1S/C22H25N3O6S/c1-14-9-17-19(31-13-21(26)24-17)11-20(14)32(28,29)25-8-4-7-18(25)22(27)23-12-15-5-3-6-16(10-15)30-2/h3,5-6,9-11,18H,4,7-8,12-13H2,1-2H3,(H,23,27)(H,24,26). The zero-order chi connectivity index (χ0) is 22.9. The monoisotopic (exact) mass is 459 g/mol. The highest BCUT2D eigenvalue weighted by atomic mass is 32.2. The molecule has 2 aromatic rings. The van der Waals surface area contributed by atoms with E-state index in [2.05, 4.69) is 10.6 Å². The van der Waals surface area contributed by atoms with Gasteiger partial charge in [0.1, 0.15) is 17.5 Å². The summed E-state index contributed by atoms with van der Waals surface area (Å²) in [5, 5.41) is 5.51. The van der Waals surface area contributed by atoms with E-state index in [4.69, 9.17) is 9.47 Å². The quantitative estimate of drug-likeness (QED) is 0.681. The average Bonchev–Trinajstić information content (AvgIpc) is 3.28. The van der Waals surface area contributed by atoms with Crippen molar-refractivity contribution in [2.24, 2.45) is 0 Å². The Bertz CT molecular complexity index is 1160. The first kappa shape index (κ1) is 22.1. The van der Waals surface area contributed by atoms with Crippen LogP contribution in [0.15, 0.2) is 41.3 Å². The molecule has 0 radical (unpaired) electrons. The van der Waals surface area contributed by atoms with Crippen LogP contribution < -0.4 is 20.1 Å². The molecule has 0 aromatic heterocycles. The van der Waals surface area contributed by atoms with Crippen molar-refractivity contribution in [3.63, 3.8) is 0 Å². The lowest BCUT2D eigenvalue weighted by molar-refractivity contribution is -0.124. The molecule has 0 spiro atoms. The van der Waals surface area contributed by atoms with Gasteiger partial charge in [0, 0.05) is 19.2 Å². The molecule has 32 heavy (non-hydrogen) atoms. The number of sulfonamides is 1. The maximum atomic E-state index is 13.5. The maximum absolute atomic E-state index is 13.5. The highest BCUT2D eigenvalue weighted by Gasteiger charge is 2.40. The van der Waals surface area contributed by atoms with Gasteiger partial charge in [0.15, 0.2) is 6.61 Å². The molecule has 10 heteroatoms. The number of ether oxygens (including phenoxy) is 2. The summed E-state index contributed by atoms with van der Waals surface area (Å²) >= 11 is 0. The minimum absolute atomic E-state index is 0.0693. The Balaban J connectivity index is 1.53. The molecule has 1 fully saturated rings. The van der Waals surface area contributed by atoms with E-state index in [1.54, 1.807) is 20.1 Å². The maximum Gasteiger partial charge on any atom is 0.262 e. The Morgan fingerprint density at radius 3 is 2.91 bits per heavy atom. The number of hydrogen-bond donors (Lipinski definition) is 2. The van der Waals surface area contributed by atoms with Gasteiger partial charge in [-0.1, -0.05) is 12.1 Å². The SMILES string of the molecule is COc1cccc(CNC(=O)C2CCCN2S(=O)(=O)c2cc3c(cc2C)NC(=O)CO3)c1. The highest BCUT2D eigenvalue weighted by Crippen LogP contribution is 2.36. The number of nitrogens with one attached hydrogen (secondary N) is 2. The number of rotatable bonds is 6. The highest BCUT2D eigenvalue weighted by molar-refractivity contribution is 7.89. The summed E-state index contributed by atoms with van der Waals surface area (Å²) < 4.78 is 38.8. The normalized spacial score (nSPS) is 18.4. The molecule has 2 aliphatic rings. The fraction of sp³-hybridized carbons (Fsp3) is 0.364. The number of amides is 2. The van der Waals surface area contributed by atoms with Crippen LogP contribution in [0.1, 0.15) is 24.0 Å². The van der Waals surface area contributed by atoms with Crippen molar-refractivity contribution in [3.8, 4) is 11.5 Å². The van der Waals surface area contributed by atoms with Crippen LogP contribution in [-0.2, 0) is 26.2 Å². The number of fused-ring (bicyclic) bond motifs is 1. The van der Waals surface area contributed by atoms with Crippen LogP contribution in [0, 0.1) is 6.92 Å². The van der Waals surface area contributed by atoms with E-state index in [1.807, 2.05) is 24.3 Å². The molecule has 2 heterocycles. The van der Waals surface area contributed by atoms with Crippen molar-refractivity contribution in [1.82, 2.24) is 9.62 Å². The van der Waals surface area contributed by atoms with Crippen LogP contribution >= 0.6 is 0 Å². The van der Waals surface area contributed by atoms with Gasteiger partial charge < -0.3 is 20.1 Å². The van der Waals surface area contributed by atoms with Crippen LogP contribution in [0.3, 0.4) is 0 Å². The van der Waals surface area contributed by atoms with Gasteiger partial charge in [0.05, 0.1) is 17.7 Å². The lowest BCUT2D eigenvalue weighted by atomic mass is 10.2. The lowest BCUT2D eigenvalue weighted by Gasteiger charge is -2.26. The number of methoxy groups -OCH3 is 1. The summed E-state index contributed by atoms with van der Waals surface area (Å²) in [6.45, 7) is 2.01. The number of nitrogens with zero attached hydrogens (tertiary/aromatic N) is 1. The molecule has 2 aliphatic heterocycles. The second-order valence-corrected chi connectivity index (χ2v) is 9.65. The minimum Gasteiger partial charge on any atom is -0.497 e. The fourth-order valence-corrected chi connectivity index (χ4v) is 5.88. The largest absolute Gasteiger partial charge is 0.497 e.